The summed E-state index contributed by atoms with van der Waals surface area (Å²) in [4.78, 5) is 25.3. The molecule has 1 N–H and O–H groups in total. The van der Waals surface area contributed by atoms with Crippen molar-refractivity contribution >= 4 is 23.8 Å². The summed E-state index contributed by atoms with van der Waals surface area (Å²) < 4.78 is 16.1. The molecule has 31 heavy (non-hydrogen) atoms. The van der Waals surface area contributed by atoms with E-state index < -0.39 is 23.8 Å². The van der Waals surface area contributed by atoms with Gasteiger partial charge in [0.05, 0.1) is 13.0 Å². The first kappa shape index (κ1) is 24.0. The number of nitrogens with one attached hydrogen (secondary N) is 1. The molecule has 2 rings (SSSR count). The molecule has 0 spiro atoms. The van der Waals surface area contributed by atoms with E-state index in [0.717, 1.165) is 11.1 Å². The lowest BCUT2D eigenvalue weighted by Gasteiger charge is -2.26. The van der Waals surface area contributed by atoms with Crippen LogP contribution in [0.1, 0.15) is 40.2 Å². The molecule has 0 saturated heterocycles. The first-order valence-electron chi connectivity index (χ1n) is 10.2. The van der Waals surface area contributed by atoms with E-state index in [2.05, 4.69) is 5.32 Å². The number of rotatable bonds is 7. The average Bonchev–Trinajstić information content (AvgIpc) is 2.71. The van der Waals surface area contributed by atoms with Crippen LogP contribution in [0.3, 0.4) is 0 Å². The van der Waals surface area contributed by atoms with E-state index in [1.54, 1.807) is 59.1 Å². The zero-order valence-corrected chi connectivity index (χ0v) is 19.0. The van der Waals surface area contributed by atoms with Crippen LogP contribution in [-0.4, -0.2) is 30.9 Å². The summed E-state index contributed by atoms with van der Waals surface area (Å²) >= 11 is 0. The molecule has 0 aliphatic carbocycles. The van der Waals surface area contributed by atoms with Gasteiger partial charge in [0.15, 0.2) is 0 Å². The smallest absolute Gasteiger partial charge is 0.497 e. The fourth-order valence-electron chi connectivity index (χ4n) is 2.93. The second-order valence-corrected chi connectivity index (χ2v) is 8.31. The molecule has 2 aromatic carbocycles. The van der Waals surface area contributed by atoms with Crippen molar-refractivity contribution in [2.75, 3.05) is 12.4 Å². The number of carbonyl (C=O) groups is 2. The van der Waals surface area contributed by atoms with Crippen LogP contribution < -0.4 is 10.1 Å². The van der Waals surface area contributed by atoms with Gasteiger partial charge in [0.25, 0.3) is 0 Å². The largest absolute Gasteiger partial charge is 0.509 e. The Bertz CT molecular complexity index is 898. The maximum absolute atomic E-state index is 12.9. The average molecular weight is 426 g/mol. The van der Waals surface area contributed by atoms with E-state index in [9.17, 15) is 9.59 Å². The SMILES string of the molecule is COc1ccc(NC(=O)[C@H](C)[C@@H](OC(=O)OC(C)(C)C)/C(C)=C/c2ccccc2)cc1. The minimum Gasteiger partial charge on any atom is -0.497 e. The van der Waals surface area contributed by atoms with E-state index in [1.165, 1.54) is 0 Å². The third kappa shape index (κ3) is 7.81. The number of hydrogen-bond donors (Lipinski definition) is 1. The second kappa shape index (κ2) is 10.7. The molecule has 0 saturated carbocycles. The van der Waals surface area contributed by atoms with Crippen LogP contribution in [0.2, 0.25) is 0 Å². The van der Waals surface area contributed by atoms with Gasteiger partial charge in [0.1, 0.15) is 17.5 Å². The second-order valence-electron chi connectivity index (χ2n) is 8.31. The summed E-state index contributed by atoms with van der Waals surface area (Å²) in [5.41, 5.74) is 1.60. The number of hydrogen-bond acceptors (Lipinski definition) is 5. The molecule has 0 aliphatic heterocycles. The molecule has 2 aromatic rings. The molecular weight excluding hydrogens is 394 g/mol. The van der Waals surface area contributed by atoms with Gasteiger partial charge in [-0.3, -0.25) is 4.79 Å². The van der Waals surface area contributed by atoms with Gasteiger partial charge >= 0.3 is 6.16 Å². The van der Waals surface area contributed by atoms with Crippen molar-refractivity contribution < 1.29 is 23.8 Å². The van der Waals surface area contributed by atoms with Crippen molar-refractivity contribution in [2.24, 2.45) is 5.92 Å². The van der Waals surface area contributed by atoms with Gasteiger partial charge in [-0.2, -0.15) is 0 Å². The van der Waals surface area contributed by atoms with Gasteiger partial charge in [0.2, 0.25) is 5.91 Å². The molecule has 166 valence electrons. The Morgan fingerprint density at radius 2 is 1.61 bits per heavy atom. The van der Waals surface area contributed by atoms with Crippen molar-refractivity contribution in [3.8, 4) is 5.75 Å². The quantitative estimate of drug-likeness (QED) is 0.577. The standard InChI is InChI=1S/C25H31NO5/c1-17(16-19-10-8-7-9-11-19)22(30-24(28)31-25(3,4)5)18(2)23(27)26-20-12-14-21(29-6)15-13-20/h7-16,18,22H,1-6H3,(H,26,27)/b17-16+/t18-,22+/m1/s1. The van der Waals surface area contributed by atoms with E-state index in [1.807, 2.05) is 43.3 Å². The van der Waals surface area contributed by atoms with Crippen molar-refractivity contribution in [3.05, 3.63) is 65.7 Å². The number of carbonyl (C=O) groups excluding carboxylic acids is 2. The topological polar surface area (TPSA) is 73.9 Å². The molecule has 0 aliphatic rings. The molecule has 1 amide bonds. The number of amides is 1. The molecule has 6 nitrogen and oxygen atoms in total. The molecule has 0 fully saturated rings. The zero-order chi connectivity index (χ0) is 23.0. The Morgan fingerprint density at radius 1 is 1.00 bits per heavy atom. The summed E-state index contributed by atoms with van der Waals surface area (Å²) in [5.74, 6) is -0.243. The molecule has 6 heteroatoms. The Kier molecular flexibility index (Phi) is 8.25. The van der Waals surface area contributed by atoms with Crippen LogP contribution >= 0.6 is 0 Å². The highest BCUT2D eigenvalue weighted by atomic mass is 16.7. The summed E-state index contributed by atoms with van der Waals surface area (Å²) in [7, 11) is 1.58. The van der Waals surface area contributed by atoms with Gasteiger partial charge < -0.3 is 19.5 Å². The predicted molar refractivity (Wildman–Crippen MR) is 122 cm³/mol. The van der Waals surface area contributed by atoms with Crippen LogP contribution in [0.4, 0.5) is 10.5 Å². The monoisotopic (exact) mass is 425 g/mol. The normalized spacial score (nSPS) is 13.7. The van der Waals surface area contributed by atoms with Crippen molar-refractivity contribution in [3.63, 3.8) is 0 Å². The predicted octanol–water partition coefficient (Wildman–Crippen LogP) is 5.69. The summed E-state index contributed by atoms with van der Waals surface area (Å²) in [6.45, 7) is 8.83. The Hall–Kier alpha value is -3.28. The number of benzene rings is 2. The van der Waals surface area contributed by atoms with Gasteiger partial charge in [-0.1, -0.05) is 36.4 Å². The highest BCUT2D eigenvalue weighted by molar-refractivity contribution is 5.93. The van der Waals surface area contributed by atoms with Crippen LogP contribution in [0.5, 0.6) is 5.75 Å². The zero-order valence-electron chi connectivity index (χ0n) is 19.0. The van der Waals surface area contributed by atoms with E-state index in [-0.39, 0.29) is 5.91 Å². The lowest BCUT2D eigenvalue weighted by molar-refractivity contribution is -0.122. The van der Waals surface area contributed by atoms with Crippen molar-refractivity contribution in [1.82, 2.24) is 0 Å². The summed E-state index contributed by atoms with van der Waals surface area (Å²) in [6.07, 6.45) is 0.280. The van der Waals surface area contributed by atoms with Gasteiger partial charge in [-0.25, -0.2) is 4.79 Å². The minimum atomic E-state index is -0.817. The molecule has 0 unspecified atom stereocenters. The van der Waals surface area contributed by atoms with Gasteiger partial charge in [0, 0.05) is 5.69 Å². The maximum Gasteiger partial charge on any atom is 0.509 e. The fraction of sp³-hybridized carbons (Fsp3) is 0.360. The van der Waals surface area contributed by atoms with Crippen molar-refractivity contribution in [1.29, 1.82) is 0 Å². The molecule has 2 atom stereocenters. The first-order valence-corrected chi connectivity index (χ1v) is 10.2. The third-order valence-electron chi connectivity index (χ3n) is 4.48. The number of ether oxygens (including phenoxy) is 3. The Balaban J connectivity index is 2.23. The van der Waals surface area contributed by atoms with E-state index in [0.29, 0.717) is 11.4 Å². The van der Waals surface area contributed by atoms with E-state index >= 15 is 0 Å². The third-order valence-corrected chi connectivity index (χ3v) is 4.48. The number of anilines is 1. The Morgan fingerprint density at radius 3 is 2.16 bits per heavy atom. The molecular formula is C25H31NO5. The fourth-order valence-corrected chi connectivity index (χ4v) is 2.93. The van der Waals surface area contributed by atoms with E-state index in [4.69, 9.17) is 14.2 Å². The molecule has 0 radical (unpaired) electrons. The van der Waals surface area contributed by atoms with Crippen LogP contribution in [-0.2, 0) is 14.3 Å². The van der Waals surface area contributed by atoms with Gasteiger partial charge in [-0.15, -0.1) is 0 Å². The van der Waals surface area contributed by atoms with Crippen LogP contribution in [0.25, 0.3) is 6.08 Å². The van der Waals surface area contributed by atoms with Crippen LogP contribution in [0.15, 0.2) is 60.2 Å². The Labute approximate surface area is 184 Å². The number of methoxy groups -OCH3 is 1. The van der Waals surface area contributed by atoms with Crippen molar-refractivity contribution in [2.45, 2.75) is 46.3 Å². The highest BCUT2D eigenvalue weighted by Gasteiger charge is 2.31. The molecule has 0 bridgehead atoms. The molecule has 0 aromatic heterocycles. The van der Waals surface area contributed by atoms with Gasteiger partial charge in [-0.05, 0) is 70.0 Å². The molecule has 0 heterocycles. The minimum absolute atomic E-state index is 0.278. The summed E-state index contributed by atoms with van der Waals surface area (Å²) in [6, 6.07) is 16.7. The first-order chi connectivity index (χ1) is 14.6. The van der Waals surface area contributed by atoms with Crippen LogP contribution in [0, 0.1) is 5.92 Å². The lowest BCUT2D eigenvalue weighted by atomic mass is 9.95. The maximum atomic E-state index is 12.9. The highest BCUT2D eigenvalue weighted by Crippen LogP contribution is 2.23. The summed E-state index contributed by atoms with van der Waals surface area (Å²) in [5, 5.41) is 2.86. The lowest BCUT2D eigenvalue weighted by Crippen LogP contribution is -2.36.